The molecule has 2 heterocycles. The third-order valence-corrected chi connectivity index (χ3v) is 5.67. The fourth-order valence-electron chi connectivity index (χ4n) is 3.40. The van der Waals surface area contributed by atoms with Crippen molar-refractivity contribution in [2.45, 2.75) is 0 Å². The number of hydrogen-bond acceptors (Lipinski definition) is 4. The second kappa shape index (κ2) is 7.33. The predicted octanol–water partition coefficient (Wildman–Crippen LogP) is 5.21. The largest absolute Gasteiger partial charge is 0.291 e. The van der Waals surface area contributed by atoms with Crippen molar-refractivity contribution in [2.75, 3.05) is 0 Å². The number of nitrogens with one attached hydrogen (secondary N) is 2. The molecule has 140 valence electrons. The Hall–Kier alpha value is -3.77. The molecule has 0 saturated carbocycles. The van der Waals surface area contributed by atoms with E-state index in [1.165, 1.54) is 0 Å². The van der Waals surface area contributed by atoms with Crippen LogP contribution < -0.4 is 5.43 Å². The SMILES string of the molecule is O=C(NN=Cc1c2ccccc2cc2ccccc12)c1cc(-c2cccs2)[nH]n1. The molecule has 2 N–H and O–H groups in total. The zero-order valence-corrected chi connectivity index (χ0v) is 16.1. The fourth-order valence-corrected chi connectivity index (χ4v) is 4.09. The molecule has 0 saturated heterocycles. The van der Waals surface area contributed by atoms with Crippen LogP contribution >= 0.6 is 11.3 Å². The summed E-state index contributed by atoms with van der Waals surface area (Å²) in [5.74, 6) is -0.357. The number of benzene rings is 3. The summed E-state index contributed by atoms with van der Waals surface area (Å²) in [6.45, 7) is 0. The molecule has 3 aromatic carbocycles. The number of hydrazone groups is 1. The number of hydrogen-bond donors (Lipinski definition) is 2. The van der Waals surface area contributed by atoms with Crippen molar-refractivity contribution in [2.24, 2.45) is 5.10 Å². The molecule has 0 aliphatic rings. The van der Waals surface area contributed by atoms with Crippen LogP contribution in [0.15, 0.2) is 83.3 Å². The Bertz CT molecular complexity index is 1300. The first-order valence-corrected chi connectivity index (χ1v) is 10.0. The van der Waals surface area contributed by atoms with Gasteiger partial charge in [-0.05, 0) is 45.1 Å². The molecule has 0 bridgehead atoms. The molecule has 0 aliphatic carbocycles. The molecule has 2 aromatic heterocycles. The van der Waals surface area contributed by atoms with Gasteiger partial charge in [-0.3, -0.25) is 9.89 Å². The lowest BCUT2D eigenvalue weighted by Crippen LogP contribution is -2.18. The molecule has 0 fully saturated rings. The maximum atomic E-state index is 12.4. The first kappa shape index (κ1) is 17.3. The van der Waals surface area contributed by atoms with Gasteiger partial charge in [0, 0.05) is 5.56 Å². The number of aromatic amines is 1. The van der Waals surface area contributed by atoms with Gasteiger partial charge >= 0.3 is 0 Å². The number of amides is 1. The number of carbonyl (C=O) groups excluding carboxylic acids is 1. The second-order valence-electron chi connectivity index (χ2n) is 6.58. The summed E-state index contributed by atoms with van der Waals surface area (Å²) in [5.41, 5.74) is 4.67. The van der Waals surface area contributed by atoms with Crippen LogP contribution in [0.4, 0.5) is 0 Å². The number of aromatic nitrogens is 2. The predicted molar refractivity (Wildman–Crippen MR) is 118 cm³/mol. The zero-order valence-electron chi connectivity index (χ0n) is 15.3. The maximum Gasteiger partial charge on any atom is 0.291 e. The summed E-state index contributed by atoms with van der Waals surface area (Å²) in [4.78, 5) is 13.5. The highest BCUT2D eigenvalue weighted by Gasteiger charge is 2.11. The Kier molecular flexibility index (Phi) is 4.38. The molecule has 0 aliphatic heterocycles. The summed E-state index contributed by atoms with van der Waals surface area (Å²) in [7, 11) is 0. The van der Waals surface area contributed by atoms with E-state index in [2.05, 4.69) is 51.1 Å². The highest BCUT2D eigenvalue weighted by atomic mass is 32.1. The summed E-state index contributed by atoms with van der Waals surface area (Å²) in [6.07, 6.45) is 1.70. The van der Waals surface area contributed by atoms with Gasteiger partial charge in [-0.1, -0.05) is 54.6 Å². The van der Waals surface area contributed by atoms with Crippen LogP contribution in [0, 0.1) is 0 Å². The van der Waals surface area contributed by atoms with Crippen molar-refractivity contribution in [1.82, 2.24) is 15.6 Å². The van der Waals surface area contributed by atoms with Crippen molar-refractivity contribution >= 4 is 45.0 Å². The Morgan fingerprint density at radius 2 is 1.69 bits per heavy atom. The Morgan fingerprint density at radius 1 is 0.966 bits per heavy atom. The van der Waals surface area contributed by atoms with E-state index >= 15 is 0 Å². The molecule has 6 heteroatoms. The summed E-state index contributed by atoms with van der Waals surface area (Å²) in [5, 5.41) is 17.6. The van der Waals surface area contributed by atoms with Gasteiger partial charge in [0.1, 0.15) is 0 Å². The van der Waals surface area contributed by atoms with Gasteiger partial charge in [0.15, 0.2) is 5.69 Å². The Labute approximate surface area is 170 Å². The number of nitrogens with zero attached hydrogens (tertiary/aromatic N) is 2. The van der Waals surface area contributed by atoms with E-state index in [1.54, 1.807) is 23.6 Å². The monoisotopic (exact) mass is 396 g/mol. The third-order valence-electron chi connectivity index (χ3n) is 4.77. The van der Waals surface area contributed by atoms with Gasteiger partial charge in [-0.15, -0.1) is 11.3 Å². The number of H-pyrrole nitrogens is 1. The highest BCUT2D eigenvalue weighted by molar-refractivity contribution is 7.13. The van der Waals surface area contributed by atoms with Crippen molar-refractivity contribution < 1.29 is 4.79 Å². The van der Waals surface area contributed by atoms with Gasteiger partial charge in [-0.2, -0.15) is 10.2 Å². The summed E-state index contributed by atoms with van der Waals surface area (Å²) >= 11 is 1.59. The van der Waals surface area contributed by atoms with Gasteiger partial charge in [-0.25, -0.2) is 5.43 Å². The van der Waals surface area contributed by atoms with E-state index in [9.17, 15) is 4.79 Å². The molecule has 0 radical (unpaired) electrons. The van der Waals surface area contributed by atoms with E-state index in [-0.39, 0.29) is 5.91 Å². The highest BCUT2D eigenvalue weighted by Crippen LogP contribution is 2.27. The Morgan fingerprint density at radius 3 is 2.38 bits per heavy atom. The van der Waals surface area contributed by atoms with Crippen LogP contribution in [0.1, 0.15) is 16.1 Å². The topological polar surface area (TPSA) is 70.1 Å². The molecular weight excluding hydrogens is 380 g/mol. The van der Waals surface area contributed by atoms with Crippen LogP contribution in [-0.4, -0.2) is 22.3 Å². The van der Waals surface area contributed by atoms with Crippen molar-refractivity contribution in [1.29, 1.82) is 0 Å². The fraction of sp³-hybridized carbons (Fsp3) is 0. The van der Waals surface area contributed by atoms with Crippen LogP contribution in [0.3, 0.4) is 0 Å². The lowest BCUT2D eigenvalue weighted by Gasteiger charge is -2.07. The minimum absolute atomic E-state index is 0.299. The van der Waals surface area contributed by atoms with Crippen LogP contribution in [-0.2, 0) is 0 Å². The molecular formula is C23H16N4OS. The quantitative estimate of drug-likeness (QED) is 0.249. The standard InChI is InChI=1S/C23H16N4OS/c28-23(21-13-20(25-26-21)22-10-5-11-29-22)27-24-14-19-17-8-3-1-6-15(17)12-16-7-2-4-9-18(16)19/h1-14H,(H,25,26)(H,27,28). The smallest absolute Gasteiger partial charge is 0.276 e. The second-order valence-corrected chi connectivity index (χ2v) is 7.52. The summed E-state index contributed by atoms with van der Waals surface area (Å²) in [6, 6.07) is 24.1. The van der Waals surface area contributed by atoms with Crippen LogP contribution in [0.5, 0.6) is 0 Å². The average Bonchev–Trinajstić information content (AvgIpc) is 3.45. The molecule has 5 aromatic rings. The first-order valence-electron chi connectivity index (χ1n) is 9.13. The van der Waals surface area contributed by atoms with Crippen molar-refractivity contribution in [3.8, 4) is 10.6 Å². The van der Waals surface area contributed by atoms with Gasteiger partial charge < -0.3 is 0 Å². The number of thiophene rings is 1. The van der Waals surface area contributed by atoms with Gasteiger partial charge in [0.05, 0.1) is 16.8 Å². The van der Waals surface area contributed by atoms with E-state index in [0.717, 1.165) is 37.7 Å². The van der Waals surface area contributed by atoms with E-state index in [4.69, 9.17) is 0 Å². The minimum Gasteiger partial charge on any atom is -0.276 e. The lowest BCUT2D eigenvalue weighted by molar-refractivity contribution is 0.0950. The molecule has 0 spiro atoms. The van der Waals surface area contributed by atoms with Crippen molar-refractivity contribution in [3.05, 3.63) is 89.4 Å². The number of rotatable bonds is 4. The first-order chi connectivity index (χ1) is 14.3. The minimum atomic E-state index is -0.357. The lowest BCUT2D eigenvalue weighted by atomic mass is 9.97. The molecule has 0 atom stereocenters. The molecule has 1 amide bonds. The van der Waals surface area contributed by atoms with Gasteiger partial charge in [0.2, 0.25) is 0 Å². The zero-order chi connectivity index (χ0) is 19.6. The van der Waals surface area contributed by atoms with Crippen molar-refractivity contribution in [3.63, 3.8) is 0 Å². The summed E-state index contributed by atoms with van der Waals surface area (Å²) < 4.78 is 0. The molecule has 5 nitrogen and oxygen atoms in total. The van der Waals surface area contributed by atoms with E-state index in [1.807, 2.05) is 41.8 Å². The molecule has 0 unspecified atom stereocenters. The maximum absolute atomic E-state index is 12.4. The van der Waals surface area contributed by atoms with Crippen LogP contribution in [0.25, 0.3) is 32.1 Å². The third kappa shape index (κ3) is 3.30. The molecule has 5 rings (SSSR count). The van der Waals surface area contributed by atoms with Gasteiger partial charge in [0.25, 0.3) is 5.91 Å². The molecule has 29 heavy (non-hydrogen) atoms. The van der Waals surface area contributed by atoms with E-state index in [0.29, 0.717) is 5.69 Å². The van der Waals surface area contributed by atoms with E-state index < -0.39 is 0 Å². The Balaban J connectivity index is 1.44. The average molecular weight is 396 g/mol. The van der Waals surface area contributed by atoms with Crippen LogP contribution in [0.2, 0.25) is 0 Å². The normalized spacial score (nSPS) is 11.4. The number of carbonyl (C=O) groups is 1. The number of fused-ring (bicyclic) bond motifs is 2.